The highest BCUT2D eigenvalue weighted by Gasteiger charge is 2.31. The van der Waals surface area contributed by atoms with Crippen molar-refractivity contribution in [3.63, 3.8) is 0 Å². The van der Waals surface area contributed by atoms with Crippen molar-refractivity contribution in [2.24, 2.45) is 7.05 Å². The molecule has 0 saturated carbocycles. The molecular weight excluding hydrogens is 526 g/mol. The second-order valence-electron chi connectivity index (χ2n) is 8.92. The molecule has 9 nitrogen and oxygen atoms in total. The highest BCUT2D eigenvalue weighted by atomic mass is 35.5. The molecule has 1 aromatic heterocycles. The van der Waals surface area contributed by atoms with E-state index >= 15 is 0 Å². The molecule has 4 aromatic rings. The molecular formula is C27H28ClN5O4S. The summed E-state index contributed by atoms with van der Waals surface area (Å²) in [5.41, 5.74) is 2.12. The summed E-state index contributed by atoms with van der Waals surface area (Å²) in [6, 6.07) is 20.1. The first-order chi connectivity index (χ1) is 17.9. The van der Waals surface area contributed by atoms with Gasteiger partial charge in [-0.1, -0.05) is 29.8 Å². The third-order valence-electron chi connectivity index (χ3n) is 6.31. The minimum Gasteiger partial charge on any atom is -0.378 e. The van der Waals surface area contributed by atoms with Crippen LogP contribution in [0.1, 0.15) is 16.1 Å². The SMILES string of the molecule is Cc1c(N(C)S(=O)(=O)c2cc(C(=O)Nc3ccc(N(C)C)cc3)ccc2Cl)c(=O)n(-c2ccccc2)n1C. The van der Waals surface area contributed by atoms with Crippen LogP contribution in [0.5, 0.6) is 0 Å². The zero-order valence-electron chi connectivity index (χ0n) is 21.6. The Morgan fingerprint density at radius 2 is 1.58 bits per heavy atom. The Balaban J connectivity index is 1.69. The molecule has 0 aliphatic carbocycles. The maximum atomic E-state index is 13.7. The smallest absolute Gasteiger partial charge is 0.296 e. The van der Waals surface area contributed by atoms with Crippen LogP contribution < -0.4 is 20.1 Å². The van der Waals surface area contributed by atoms with Crippen LogP contribution >= 0.6 is 11.6 Å². The number of benzene rings is 3. The van der Waals surface area contributed by atoms with Crippen molar-refractivity contribution in [2.45, 2.75) is 11.8 Å². The van der Waals surface area contributed by atoms with Gasteiger partial charge in [0, 0.05) is 45.1 Å². The Hall–Kier alpha value is -4.02. The predicted molar refractivity (Wildman–Crippen MR) is 152 cm³/mol. The quantitative estimate of drug-likeness (QED) is 0.368. The lowest BCUT2D eigenvalue weighted by Gasteiger charge is -2.19. The molecule has 0 unspecified atom stereocenters. The second-order valence-corrected chi connectivity index (χ2v) is 11.3. The summed E-state index contributed by atoms with van der Waals surface area (Å²) < 4.78 is 31.3. The van der Waals surface area contributed by atoms with Gasteiger partial charge in [0.15, 0.2) is 0 Å². The molecule has 0 spiro atoms. The molecule has 1 heterocycles. The van der Waals surface area contributed by atoms with Crippen LogP contribution in [0.25, 0.3) is 5.69 Å². The summed E-state index contributed by atoms with van der Waals surface area (Å²) in [5, 5.41) is 2.70. The summed E-state index contributed by atoms with van der Waals surface area (Å²) in [6.07, 6.45) is 0. The minimum absolute atomic E-state index is 0.0248. The molecule has 0 radical (unpaired) electrons. The standard InChI is InChI=1S/C27H28ClN5O4S/c1-18-25(27(35)33(31(18)4)22-9-7-6-8-10-22)32(5)38(36,37)24-17-19(11-16-23(24)28)26(34)29-20-12-14-21(15-13-20)30(2)3/h6-17H,1-5H3,(H,29,34). The van der Waals surface area contributed by atoms with E-state index in [1.807, 2.05) is 37.2 Å². The third kappa shape index (κ3) is 4.92. The van der Waals surface area contributed by atoms with Gasteiger partial charge in [-0.25, -0.2) is 13.1 Å². The average molecular weight is 554 g/mol. The van der Waals surface area contributed by atoms with Crippen LogP contribution in [-0.4, -0.2) is 44.8 Å². The van der Waals surface area contributed by atoms with Crippen molar-refractivity contribution >= 4 is 44.6 Å². The van der Waals surface area contributed by atoms with Crippen LogP contribution in [0.3, 0.4) is 0 Å². The zero-order chi connectivity index (χ0) is 27.8. The van der Waals surface area contributed by atoms with E-state index in [9.17, 15) is 18.0 Å². The Morgan fingerprint density at radius 3 is 2.18 bits per heavy atom. The molecule has 4 rings (SSSR count). The first-order valence-corrected chi connectivity index (χ1v) is 13.5. The van der Waals surface area contributed by atoms with Crippen LogP contribution in [0.4, 0.5) is 17.1 Å². The van der Waals surface area contributed by atoms with Crippen LogP contribution in [-0.2, 0) is 17.1 Å². The van der Waals surface area contributed by atoms with E-state index in [0.717, 1.165) is 9.99 Å². The highest BCUT2D eigenvalue weighted by Crippen LogP contribution is 2.29. The minimum atomic E-state index is -4.31. The largest absolute Gasteiger partial charge is 0.378 e. The highest BCUT2D eigenvalue weighted by molar-refractivity contribution is 7.93. The maximum Gasteiger partial charge on any atom is 0.296 e. The zero-order valence-corrected chi connectivity index (χ0v) is 23.2. The summed E-state index contributed by atoms with van der Waals surface area (Å²) >= 11 is 6.31. The third-order valence-corrected chi connectivity index (χ3v) is 8.55. The number of carbonyl (C=O) groups is 1. The van der Waals surface area contributed by atoms with E-state index < -0.39 is 21.5 Å². The van der Waals surface area contributed by atoms with Gasteiger partial charge in [0.1, 0.15) is 10.6 Å². The fourth-order valence-corrected chi connectivity index (χ4v) is 5.82. The lowest BCUT2D eigenvalue weighted by Crippen LogP contribution is -2.32. The maximum absolute atomic E-state index is 13.7. The lowest BCUT2D eigenvalue weighted by molar-refractivity contribution is 0.102. The van der Waals surface area contributed by atoms with Crippen LogP contribution in [0.2, 0.25) is 5.02 Å². The van der Waals surface area contributed by atoms with Gasteiger partial charge in [-0.05, 0) is 61.5 Å². The lowest BCUT2D eigenvalue weighted by atomic mass is 10.2. The first-order valence-electron chi connectivity index (χ1n) is 11.6. The number of amides is 1. The van der Waals surface area contributed by atoms with E-state index in [-0.39, 0.29) is 21.2 Å². The number of hydrogen-bond acceptors (Lipinski definition) is 5. The molecule has 1 amide bonds. The first kappa shape index (κ1) is 27.0. The molecule has 0 aliphatic heterocycles. The van der Waals surface area contributed by atoms with Gasteiger partial charge < -0.3 is 10.2 Å². The number of carbonyl (C=O) groups excluding carboxylic acids is 1. The molecule has 11 heteroatoms. The van der Waals surface area contributed by atoms with Gasteiger partial charge in [-0.3, -0.25) is 18.6 Å². The number of hydrogen-bond donors (Lipinski definition) is 1. The second kappa shape index (κ2) is 10.4. The van der Waals surface area contributed by atoms with Crippen molar-refractivity contribution < 1.29 is 13.2 Å². The van der Waals surface area contributed by atoms with E-state index in [2.05, 4.69) is 5.32 Å². The predicted octanol–water partition coefficient (Wildman–Crippen LogP) is 4.28. The average Bonchev–Trinajstić information content (AvgIpc) is 3.11. The fraction of sp³-hybridized carbons (Fsp3) is 0.185. The Morgan fingerprint density at radius 1 is 0.947 bits per heavy atom. The molecule has 0 saturated heterocycles. The number of nitrogens with one attached hydrogen (secondary N) is 1. The molecule has 0 aliphatic rings. The van der Waals surface area contributed by atoms with Crippen molar-refractivity contribution in [1.29, 1.82) is 0 Å². The molecule has 38 heavy (non-hydrogen) atoms. The van der Waals surface area contributed by atoms with Gasteiger partial charge in [0.05, 0.1) is 16.4 Å². The number of para-hydroxylation sites is 1. The van der Waals surface area contributed by atoms with Crippen molar-refractivity contribution in [1.82, 2.24) is 9.36 Å². The summed E-state index contributed by atoms with van der Waals surface area (Å²) in [6.45, 7) is 1.66. The van der Waals surface area contributed by atoms with Gasteiger partial charge in [0.2, 0.25) is 0 Å². The molecule has 0 bridgehead atoms. The van der Waals surface area contributed by atoms with E-state index in [4.69, 9.17) is 11.6 Å². The fourth-order valence-electron chi connectivity index (χ4n) is 4.07. The molecule has 1 N–H and O–H groups in total. The number of halogens is 1. The molecule has 198 valence electrons. The Kier molecular flexibility index (Phi) is 7.39. The molecule has 3 aromatic carbocycles. The number of rotatable bonds is 7. The van der Waals surface area contributed by atoms with E-state index in [1.165, 1.54) is 29.9 Å². The van der Waals surface area contributed by atoms with E-state index in [1.54, 1.807) is 55.1 Å². The van der Waals surface area contributed by atoms with Crippen molar-refractivity contribution in [3.05, 3.63) is 99.4 Å². The summed E-state index contributed by atoms with van der Waals surface area (Å²) in [4.78, 5) is 28.0. The van der Waals surface area contributed by atoms with Gasteiger partial charge in [-0.15, -0.1) is 0 Å². The number of anilines is 3. The van der Waals surface area contributed by atoms with Gasteiger partial charge in [-0.2, -0.15) is 0 Å². The monoisotopic (exact) mass is 553 g/mol. The van der Waals surface area contributed by atoms with Crippen molar-refractivity contribution in [2.75, 3.05) is 35.7 Å². The Bertz CT molecular complexity index is 1660. The Labute approximate surface area is 226 Å². The topological polar surface area (TPSA) is 96.7 Å². The normalized spacial score (nSPS) is 11.3. The van der Waals surface area contributed by atoms with Crippen molar-refractivity contribution in [3.8, 4) is 5.69 Å². The van der Waals surface area contributed by atoms with E-state index in [0.29, 0.717) is 17.1 Å². The molecule has 0 fully saturated rings. The summed E-state index contributed by atoms with van der Waals surface area (Å²) in [7, 11) is 2.49. The molecule has 0 atom stereocenters. The number of sulfonamides is 1. The van der Waals surface area contributed by atoms with Crippen LogP contribution in [0, 0.1) is 6.92 Å². The van der Waals surface area contributed by atoms with Gasteiger partial charge >= 0.3 is 0 Å². The number of aromatic nitrogens is 2. The number of nitrogens with zero attached hydrogens (tertiary/aromatic N) is 4. The van der Waals surface area contributed by atoms with Crippen LogP contribution in [0.15, 0.2) is 82.5 Å². The summed E-state index contributed by atoms with van der Waals surface area (Å²) in [5.74, 6) is -0.499. The van der Waals surface area contributed by atoms with Gasteiger partial charge in [0.25, 0.3) is 21.5 Å².